The lowest BCUT2D eigenvalue weighted by Gasteiger charge is -2.25. The molecule has 0 radical (unpaired) electrons. The summed E-state index contributed by atoms with van der Waals surface area (Å²) in [4.78, 5) is 4.43. The molecule has 0 amide bonds. The number of nitrogens with zero attached hydrogens (tertiary/aromatic N) is 2. The van der Waals surface area contributed by atoms with Crippen LogP contribution in [0, 0.1) is 5.82 Å². The van der Waals surface area contributed by atoms with E-state index in [9.17, 15) is 4.39 Å². The molecule has 0 bridgehead atoms. The zero-order chi connectivity index (χ0) is 14.8. The molecule has 0 spiro atoms. The zero-order valence-corrected chi connectivity index (χ0v) is 12.3. The molecule has 1 aromatic heterocycles. The van der Waals surface area contributed by atoms with E-state index in [1.807, 2.05) is 0 Å². The summed E-state index contributed by atoms with van der Waals surface area (Å²) in [5, 5.41) is 4.36. The minimum Gasteiger partial charge on any atom is -0.339 e. The third kappa shape index (κ3) is 3.24. The van der Waals surface area contributed by atoms with Gasteiger partial charge >= 0.3 is 0 Å². The van der Waals surface area contributed by atoms with Gasteiger partial charge in [0.05, 0.1) is 5.92 Å². The number of aromatic nitrogens is 2. The maximum absolute atomic E-state index is 13.0. The topological polar surface area (TPSA) is 64.9 Å². The standard InChI is InChI=1S/C15H17ClFN3O/c16-12-8-10(17)6-5-9(12)7-14-19-15(21-20-14)11-3-1-2-4-13(11)18/h5-6,8,11,13H,1-4,7,18H2. The molecule has 2 unspecified atom stereocenters. The Morgan fingerprint density at radius 1 is 1.33 bits per heavy atom. The molecule has 4 nitrogen and oxygen atoms in total. The van der Waals surface area contributed by atoms with Gasteiger partial charge in [-0.1, -0.05) is 35.7 Å². The van der Waals surface area contributed by atoms with Crippen LogP contribution in [0.2, 0.25) is 5.02 Å². The van der Waals surface area contributed by atoms with Crippen LogP contribution in [0.1, 0.15) is 48.9 Å². The predicted molar refractivity (Wildman–Crippen MR) is 77.7 cm³/mol. The number of rotatable bonds is 3. The summed E-state index contributed by atoms with van der Waals surface area (Å²) in [6.45, 7) is 0. The van der Waals surface area contributed by atoms with Gasteiger partial charge in [0, 0.05) is 17.5 Å². The van der Waals surface area contributed by atoms with Gasteiger partial charge in [-0.05, 0) is 30.5 Å². The zero-order valence-electron chi connectivity index (χ0n) is 11.6. The summed E-state index contributed by atoms with van der Waals surface area (Å²) in [7, 11) is 0. The molecule has 6 heteroatoms. The highest BCUT2D eigenvalue weighted by molar-refractivity contribution is 6.31. The molecule has 1 aliphatic carbocycles. The third-order valence-electron chi connectivity index (χ3n) is 3.98. The lowest BCUT2D eigenvalue weighted by molar-refractivity contribution is 0.289. The Balaban J connectivity index is 1.75. The summed E-state index contributed by atoms with van der Waals surface area (Å²) >= 11 is 6.01. The fourth-order valence-corrected chi connectivity index (χ4v) is 3.03. The normalized spacial score (nSPS) is 22.4. The Kier molecular flexibility index (Phi) is 4.22. The van der Waals surface area contributed by atoms with Crippen molar-refractivity contribution in [1.29, 1.82) is 0 Å². The molecule has 1 saturated carbocycles. The van der Waals surface area contributed by atoms with Crippen molar-refractivity contribution in [2.75, 3.05) is 0 Å². The molecule has 1 fully saturated rings. The first kappa shape index (κ1) is 14.5. The van der Waals surface area contributed by atoms with E-state index in [1.54, 1.807) is 6.07 Å². The first-order valence-corrected chi connectivity index (χ1v) is 7.53. The molecular weight excluding hydrogens is 293 g/mol. The van der Waals surface area contributed by atoms with Crippen LogP contribution in [-0.2, 0) is 6.42 Å². The highest BCUT2D eigenvalue weighted by Crippen LogP contribution is 2.31. The Hall–Kier alpha value is -1.46. The maximum Gasteiger partial charge on any atom is 0.231 e. The van der Waals surface area contributed by atoms with Crippen molar-refractivity contribution in [1.82, 2.24) is 10.1 Å². The molecule has 1 aromatic carbocycles. The van der Waals surface area contributed by atoms with Gasteiger partial charge in [0.15, 0.2) is 5.82 Å². The molecule has 1 aliphatic rings. The van der Waals surface area contributed by atoms with E-state index < -0.39 is 0 Å². The molecular formula is C15H17ClFN3O. The summed E-state index contributed by atoms with van der Waals surface area (Å²) < 4.78 is 18.4. The molecule has 2 N–H and O–H groups in total. The molecule has 21 heavy (non-hydrogen) atoms. The van der Waals surface area contributed by atoms with Crippen LogP contribution >= 0.6 is 11.6 Å². The quantitative estimate of drug-likeness (QED) is 0.943. The Labute approximate surface area is 127 Å². The van der Waals surface area contributed by atoms with E-state index in [2.05, 4.69) is 10.1 Å². The lowest BCUT2D eigenvalue weighted by Crippen LogP contribution is -2.31. The molecule has 3 rings (SSSR count). The van der Waals surface area contributed by atoms with Gasteiger partial charge < -0.3 is 10.3 Å². The Bertz CT molecular complexity index is 631. The van der Waals surface area contributed by atoms with E-state index in [0.29, 0.717) is 23.2 Å². The van der Waals surface area contributed by atoms with Crippen LogP contribution in [0.3, 0.4) is 0 Å². The fraction of sp³-hybridized carbons (Fsp3) is 0.467. The van der Waals surface area contributed by atoms with Crippen LogP contribution in [0.15, 0.2) is 22.7 Å². The summed E-state index contributed by atoms with van der Waals surface area (Å²) in [5.74, 6) is 0.945. The van der Waals surface area contributed by atoms with Crippen molar-refractivity contribution < 1.29 is 8.91 Å². The largest absolute Gasteiger partial charge is 0.339 e. The highest BCUT2D eigenvalue weighted by atomic mass is 35.5. The Morgan fingerprint density at radius 2 is 2.14 bits per heavy atom. The van der Waals surface area contributed by atoms with Gasteiger partial charge in [-0.15, -0.1) is 0 Å². The summed E-state index contributed by atoms with van der Waals surface area (Å²) in [5.41, 5.74) is 6.90. The SMILES string of the molecule is NC1CCCCC1c1nc(Cc2ccc(F)cc2Cl)no1. The number of halogens is 2. The second-order valence-corrected chi connectivity index (χ2v) is 5.92. The number of hydrogen-bond acceptors (Lipinski definition) is 4. The highest BCUT2D eigenvalue weighted by Gasteiger charge is 2.28. The maximum atomic E-state index is 13.0. The van der Waals surface area contributed by atoms with Crippen molar-refractivity contribution in [2.24, 2.45) is 5.73 Å². The summed E-state index contributed by atoms with van der Waals surface area (Å²) in [6, 6.07) is 4.38. The number of hydrogen-bond donors (Lipinski definition) is 1. The molecule has 2 atom stereocenters. The van der Waals surface area contributed by atoms with Crippen LogP contribution in [0.4, 0.5) is 4.39 Å². The van der Waals surface area contributed by atoms with Crippen LogP contribution in [0.25, 0.3) is 0 Å². The van der Waals surface area contributed by atoms with E-state index in [0.717, 1.165) is 31.2 Å². The van der Waals surface area contributed by atoms with Crippen molar-refractivity contribution in [3.05, 3.63) is 46.3 Å². The first-order valence-electron chi connectivity index (χ1n) is 7.15. The van der Waals surface area contributed by atoms with Gasteiger partial charge in [0.25, 0.3) is 0 Å². The fourth-order valence-electron chi connectivity index (χ4n) is 2.79. The van der Waals surface area contributed by atoms with Crippen LogP contribution < -0.4 is 5.73 Å². The van der Waals surface area contributed by atoms with Crippen molar-refractivity contribution in [3.8, 4) is 0 Å². The predicted octanol–water partition coefficient (Wildman–Crippen LogP) is 3.44. The molecule has 112 valence electrons. The smallest absolute Gasteiger partial charge is 0.231 e. The van der Waals surface area contributed by atoms with Crippen LogP contribution in [0.5, 0.6) is 0 Å². The average molecular weight is 310 g/mol. The summed E-state index contributed by atoms with van der Waals surface area (Å²) in [6.07, 6.45) is 4.70. The molecule has 2 aromatic rings. The molecule has 0 saturated heterocycles. The van der Waals surface area contributed by atoms with Gasteiger partial charge in [0.2, 0.25) is 5.89 Å². The molecule has 0 aliphatic heterocycles. The monoisotopic (exact) mass is 309 g/mol. The minimum absolute atomic E-state index is 0.0847. The van der Waals surface area contributed by atoms with Crippen molar-refractivity contribution in [3.63, 3.8) is 0 Å². The second kappa shape index (κ2) is 6.12. The van der Waals surface area contributed by atoms with Crippen molar-refractivity contribution in [2.45, 2.75) is 44.1 Å². The van der Waals surface area contributed by atoms with E-state index in [1.165, 1.54) is 12.1 Å². The second-order valence-electron chi connectivity index (χ2n) is 5.52. The lowest BCUT2D eigenvalue weighted by atomic mass is 9.85. The number of benzene rings is 1. The molecule has 1 heterocycles. The van der Waals surface area contributed by atoms with Gasteiger partial charge in [-0.2, -0.15) is 4.98 Å². The first-order chi connectivity index (χ1) is 10.1. The van der Waals surface area contributed by atoms with Crippen LogP contribution in [-0.4, -0.2) is 16.2 Å². The van der Waals surface area contributed by atoms with Gasteiger partial charge in [-0.3, -0.25) is 0 Å². The average Bonchev–Trinajstić information content (AvgIpc) is 2.91. The van der Waals surface area contributed by atoms with Gasteiger partial charge in [0.1, 0.15) is 5.82 Å². The Morgan fingerprint density at radius 3 is 2.90 bits per heavy atom. The van der Waals surface area contributed by atoms with E-state index >= 15 is 0 Å². The van der Waals surface area contributed by atoms with E-state index in [4.69, 9.17) is 21.9 Å². The van der Waals surface area contributed by atoms with Crippen molar-refractivity contribution >= 4 is 11.6 Å². The third-order valence-corrected chi connectivity index (χ3v) is 4.34. The minimum atomic E-state index is -0.356. The van der Waals surface area contributed by atoms with Gasteiger partial charge in [-0.25, -0.2) is 4.39 Å². The number of nitrogens with two attached hydrogens (primary N) is 1. The van der Waals surface area contributed by atoms with E-state index in [-0.39, 0.29) is 17.8 Å².